The first kappa shape index (κ1) is 23.0. The van der Waals surface area contributed by atoms with E-state index in [0.717, 1.165) is 43.6 Å². The number of piperidine rings is 1. The number of aliphatic hydroxyl groups is 1. The van der Waals surface area contributed by atoms with Crippen molar-refractivity contribution in [1.29, 1.82) is 0 Å². The lowest BCUT2D eigenvalue weighted by Crippen LogP contribution is -2.55. The standard InChI is InChI=1S/C30H49NO2/c1-18-15-29(6)26(31-17-18)20(3)30(33-29)12-9-24-23(19(2)16-30)14-25-27(4)11-8-22(32)13-21(27)7-10-28(24,25)5/h18,20-22,24-26,31-32H,7-17H2,1-6H3/t18-,20+,21+,22+,24+,25+,26-,27-,28-,29+,30-/m0/s1. The molecule has 2 heterocycles. The molecule has 0 aromatic rings. The topological polar surface area (TPSA) is 41.5 Å². The summed E-state index contributed by atoms with van der Waals surface area (Å²) < 4.78 is 7.24. The molecule has 3 nitrogen and oxygen atoms in total. The van der Waals surface area contributed by atoms with E-state index in [1.807, 2.05) is 5.57 Å². The molecular weight excluding hydrogens is 406 g/mol. The molecule has 3 heteroatoms. The maximum atomic E-state index is 10.4. The Morgan fingerprint density at radius 3 is 2.55 bits per heavy atom. The third-order valence-corrected chi connectivity index (χ3v) is 12.6. The van der Waals surface area contributed by atoms with Crippen LogP contribution in [0.1, 0.15) is 106 Å². The van der Waals surface area contributed by atoms with E-state index in [9.17, 15) is 5.11 Å². The van der Waals surface area contributed by atoms with E-state index >= 15 is 0 Å². The van der Waals surface area contributed by atoms with Crippen LogP contribution in [-0.2, 0) is 4.74 Å². The highest BCUT2D eigenvalue weighted by Crippen LogP contribution is 2.70. The second-order valence-electron chi connectivity index (χ2n) is 14.5. The van der Waals surface area contributed by atoms with Crippen molar-refractivity contribution >= 4 is 0 Å². The summed E-state index contributed by atoms with van der Waals surface area (Å²) in [7, 11) is 0. The summed E-state index contributed by atoms with van der Waals surface area (Å²) in [5.74, 6) is 3.53. The predicted octanol–water partition coefficient (Wildman–Crippen LogP) is 6.25. The van der Waals surface area contributed by atoms with Gasteiger partial charge in [-0.2, -0.15) is 0 Å². The van der Waals surface area contributed by atoms with Gasteiger partial charge < -0.3 is 15.2 Å². The molecule has 0 aromatic carbocycles. The number of hydrogen-bond donors (Lipinski definition) is 2. The summed E-state index contributed by atoms with van der Waals surface area (Å²) in [6, 6.07) is 0.496. The molecule has 2 aliphatic heterocycles. The number of allylic oxidation sites excluding steroid dienone is 1. The van der Waals surface area contributed by atoms with Gasteiger partial charge in [0.2, 0.25) is 0 Å². The van der Waals surface area contributed by atoms with Gasteiger partial charge in [-0.3, -0.25) is 0 Å². The van der Waals surface area contributed by atoms with Gasteiger partial charge in [-0.15, -0.1) is 0 Å². The Morgan fingerprint density at radius 1 is 1.00 bits per heavy atom. The molecule has 33 heavy (non-hydrogen) atoms. The fraction of sp³-hybridized carbons (Fsp3) is 0.933. The largest absolute Gasteiger partial charge is 0.393 e. The first-order valence-electron chi connectivity index (χ1n) is 14.3. The highest BCUT2D eigenvalue weighted by Gasteiger charge is 2.64. The van der Waals surface area contributed by atoms with E-state index in [1.165, 1.54) is 44.9 Å². The third-order valence-electron chi connectivity index (χ3n) is 12.6. The average molecular weight is 456 g/mol. The van der Waals surface area contributed by atoms with Crippen molar-refractivity contribution in [2.45, 2.75) is 129 Å². The van der Waals surface area contributed by atoms with E-state index in [-0.39, 0.29) is 17.3 Å². The minimum absolute atomic E-state index is 0.0115. The van der Waals surface area contributed by atoms with Crippen LogP contribution in [-0.4, -0.2) is 35.0 Å². The lowest BCUT2D eigenvalue weighted by Gasteiger charge is -2.57. The van der Waals surface area contributed by atoms with Gasteiger partial charge in [-0.1, -0.05) is 38.8 Å². The van der Waals surface area contributed by atoms with Gasteiger partial charge in [0.1, 0.15) is 0 Å². The minimum Gasteiger partial charge on any atom is -0.393 e. The monoisotopic (exact) mass is 455 g/mol. The SMILES string of the molecule is CC1=C2C[C@@H]3[C@@]4(C)CC[C@@H](O)C[C@H]4CC[C@@]3(C)[C@@H]2CC[C@@]2(C1)O[C@]1(C)C[C@H](C)CN[C@H]1[C@H]2C. The summed E-state index contributed by atoms with van der Waals surface area (Å²) in [4.78, 5) is 0. The van der Waals surface area contributed by atoms with E-state index in [2.05, 4.69) is 46.9 Å². The van der Waals surface area contributed by atoms with E-state index in [0.29, 0.717) is 28.7 Å². The normalized spacial score (nSPS) is 58.5. The fourth-order valence-corrected chi connectivity index (χ4v) is 11.0. The maximum absolute atomic E-state index is 10.4. The second kappa shape index (κ2) is 7.32. The Hall–Kier alpha value is -0.380. The van der Waals surface area contributed by atoms with Crippen LogP contribution in [0.25, 0.3) is 0 Å². The van der Waals surface area contributed by atoms with Crippen molar-refractivity contribution in [2.24, 2.45) is 40.4 Å². The van der Waals surface area contributed by atoms with Gasteiger partial charge in [0.15, 0.2) is 0 Å². The summed E-state index contributed by atoms with van der Waals surface area (Å²) in [5.41, 5.74) is 4.35. The van der Waals surface area contributed by atoms with Gasteiger partial charge in [-0.25, -0.2) is 0 Å². The zero-order chi connectivity index (χ0) is 23.4. The van der Waals surface area contributed by atoms with Crippen molar-refractivity contribution in [1.82, 2.24) is 5.32 Å². The van der Waals surface area contributed by atoms with Crippen molar-refractivity contribution < 1.29 is 9.84 Å². The zero-order valence-electron chi connectivity index (χ0n) is 22.2. The van der Waals surface area contributed by atoms with E-state index < -0.39 is 0 Å². The Kier molecular flexibility index (Phi) is 5.11. The lowest BCUT2D eigenvalue weighted by molar-refractivity contribution is -0.128. The Bertz CT molecular complexity index is 852. The molecule has 2 saturated heterocycles. The van der Waals surface area contributed by atoms with Crippen LogP contribution >= 0.6 is 0 Å². The van der Waals surface area contributed by atoms with Gasteiger partial charge in [0.05, 0.1) is 17.3 Å². The Morgan fingerprint density at radius 2 is 1.76 bits per heavy atom. The molecule has 0 radical (unpaired) electrons. The summed E-state index contributed by atoms with van der Waals surface area (Å²) in [6.45, 7) is 16.1. The van der Waals surface area contributed by atoms with Crippen molar-refractivity contribution in [2.75, 3.05) is 6.54 Å². The number of fused-ring (bicyclic) bond motifs is 6. The van der Waals surface area contributed by atoms with Crippen molar-refractivity contribution in [3.05, 3.63) is 11.1 Å². The summed E-state index contributed by atoms with van der Waals surface area (Å²) in [6.07, 6.45) is 12.1. The molecule has 6 rings (SSSR count). The molecule has 1 spiro atoms. The first-order chi connectivity index (χ1) is 15.5. The molecule has 0 bridgehead atoms. The zero-order valence-corrected chi connectivity index (χ0v) is 22.2. The van der Waals surface area contributed by atoms with Crippen LogP contribution in [0.2, 0.25) is 0 Å². The number of rotatable bonds is 0. The smallest absolute Gasteiger partial charge is 0.0821 e. The predicted molar refractivity (Wildman–Crippen MR) is 134 cm³/mol. The second-order valence-corrected chi connectivity index (χ2v) is 14.5. The number of ether oxygens (including phenoxy) is 1. The molecule has 2 N–H and O–H groups in total. The van der Waals surface area contributed by atoms with Crippen LogP contribution in [0, 0.1) is 40.4 Å². The first-order valence-corrected chi connectivity index (χ1v) is 14.3. The van der Waals surface area contributed by atoms with Crippen LogP contribution < -0.4 is 5.32 Å². The van der Waals surface area contributed by atoms with Crippen molar-refractivity contribution in [3.63, 3.8) is 0 Å². The molecule has 3 saturated carbocycles. The van der Waals surface area contributed by atoms with Crippen LogP contribution in [0.3, 0.4) is 0 Å². The minimum atomic E-state index is -0.0534. The van der Waals surface area contributed by atoms with Crippen LogP contribution in [0.5, 0.6) is 0 Å². The molecule has 4 aliphatic carbocycles. The molecule has 11 atom stereocenters. The Balaban J connectivity index is 1.32. The highest BCUT2D eigenvalue weighted by atomic mass is 16.5. The van der Waals surface area contributed by atoms with Crippen LogP contribution in [0.4, 0.5) is 0 Å². The van der Waals surface area contributed by atoms with Gasteiger partial charge in [-0.05, 0) is 119 Å². The van der Waals surface area contributed by atoms with Crippen LogP contribution in [0.15, 0.2) is 11.1 Å². The molecule has 0 unspecified atom stereocenters. The van der Waals surface area contributed by atoms with E-state index in [1.54, 1.807) is 5.57 Å². The van der Waals surface area contributed by atoms with E-state index in [4.69, 9.17) is 4.74 Å². The van der Waals surface area contributed by atoms with Gasteiger partial charge >= 0.3 is 0 Å². The van der Waals surface area contributed by atoms with Gasteiger partial charge in [0.25, 0.3) is 0 Å². The highest BCUT2D eigenvalue weighted by molar-refractivity contribution is 5.32. The summed E-state index contributed by atoms with van der Waals surface area (Å²) >= 11 is 0. The number of nitrogens with one attached hydrogen (secondary N) is 1. The summed E-state index contributed by atoms with van der Waals surface area (Å²) in [5, 5.41) is 14.3. The number of aliphatic hydroxyl groups excluding tert-OH is 1. The lowest BCUT2D eigenvalue weighted by atomic mass is 9.47. The third kappa shape index (κ3) is 3.10. The molecule has 0 aromatic heterocycles. The molecule has 6 aliphatic rings. The number of hydrogen-bond acceptors (Lipinski definition) is 3. The van der Waals surface area contributed by atoms with Crippen molar-refractivity contribution in [3.8, 4) is 0 Å². The molecule has 0 amide bonds. The maximum Gasteiger partial charge on any atom is 0.0821 e. The van der Waals surface area contributed by atoms with Gasteiger partial charge in [0, 0.05) is 12.0 Å². The quantitative estimate of drug-likeness (QED) is 0.424. The average Bonchev–Trinajstić information content (AvgIpc) is 3.10. The molecular formula is C30H49NO2. The molecule has 186 valence electrons. The Labute approximate surface area is 202 Å². The fourth-order valence-electron chi connectivity index (χ4n) is 11.0. The molecule has 5 fully saturated rings.